The Kier molecular flexibility index (Phi) is 8.63. The van der Waals surface area contributed by atoms with Gasteiger partial charge in [-0.25, -0.2) is 9.07 Å². The third-order valence-corrected chi connectivity index (χ3v) is 8.65. The van der Waals surface area contributed by atoms with Crippen molar-refractivity contribution < 1.29 is 27.4 Å². The third-order valence-electron chi connectivity index (χ3n) is 7.77. The lowest BCUT2D eigenvalue weighted by atomic mass is 10.1. The molecule has 3 aromatic carbocycles. The molecule has 0 amide bonds. The average molecular weight is 637 g/mol. The zero-order valence-corrected chi connectivity index (χ0v) is 25.3. The zero-order chi connectivity index (χ0) is 31.7. The zero-order valence-electron chi connectivity index (χ0n) is 24.5. The molecule has 0 radical (unpaired) electrons. The van der Waals surface area contributed by atoms with Gasteiger partial charge in [-0.15, -0.1) is 0 Å². The van der Waals surface area contributed by atoms with E-state index >= 15 is 0 Å². The van der Waals surface area contributed by atoms with Crippen LogP contribution in [0, 0.1) is 12.7 Å². The number of halogens is 3. The maximum absolute atomic E-state index is 14.0. The monoisotopic (exact) mass is 636 g/mol. The summed E-state index contributed by atoms with van der Waals surface area (Å²) in [5.41, 5.74) is 9.14. The highest BCUT2D eigenvalue weighted by molar-refractivity contribution is 7.96. The first-order chi connectivity index (χ1) is 21.7. The molecule has 0 spiro atoms. The van der Waals surface area contributed by atoms with Gasteiger partial charge in [-0.1, -0.05) is 24.1 Å². The molecule has 234 valence electrons. The van der Waals surface area contributed by atoms with Gasteiger partial charge in [0.1, 0.15) is 17.3 Å². The Morgan fingerprint density at radius 2 is 1.89 bits per heavy atom. The third kappa shape index (κ3) is 6.45. The van der Waals surface area contributed by atoms with E-state index in [1.54, 1.807) is 54.4 Å². The number of para-hydroxylation sites is 1. The number of hydrogen-bond acceptors (Lipinski definition) is 8. The molecule has 0 atom stereocenters. The molecule has 0 aliphatic carbocycles. The number of alkyl halides is 2. The summed E-state index contributed by atoms with van der Waals surface area (Å²) < 4.78 is 54.9. The van der Waals surface area contributed by atoms with Crippen LogP contribution in [-0.2, 0) is 0 Å². The number of aryl methyl sites for hydroxylation is 1. The molecule has 1 saturated heterocycles. The van der Waals surface area contributed by atoms with Crippen LogP contribution in [0.25, 0.3) is 16.6 Å². The van der Waals surface area contributed by atoms with Crippen LogP contribution in [0.3, 0.4) is 0 Å². The number of ketones is 1. The number of aromatic amines is 1. The summed E-state index contributed by atoms with van der Waals surface area (Å²) in [4.78, 5) is 16.7. The summed E-state index contributed by atoms with van der Waals surface area (Å²) in [5.74, 6) is -0.244. The van der Waals surface area contributed by atoms with Gasteiger partial charge in [0.05, 0.1) is 28.8 Å². The summed E-state index contributed by atoms with van der Waals surface area (Å²) in [6, 6.07) is 16.1. The van der Waals surface area contributed by atoms with Crippen LogP contribution in [0.15, 0.2) is 66.9 Å². The minimum Gasteiger partial charge on any atom is -0.454 e. The maximum Gasteiger partial charge on any atom is 0.387 e. The van der Waals surface area contributed by atoms with Crippen molar-refractivity contribution >= 4 is 40.1 Å². The predicted molar refractivity (Wildman–Crippen MR) is 169 cm³/mol. The van der Waals surface area contributed by atoms with Gasteiger partial charge in [0, 0.05) is 30.0 Å². The normalized spacial score (nSPS) is 14.3. The largest absolute Gasteiger partial charge is 0.454 e. The van der Waals surface area contributed by atoms with Gasteiger partial charge in [-0.3, -0.25) is 9.10 Å². The Balaban J connectivity index is 1.24. The molecule has 0 unspecified atom stereocenters. The van der Waals surface area contributed by atoms with Crippen LogP contribution in [-0.4, -0.2) is 56.9 Å². The van der Waals surface area contributed by atoms with Gasteiger partial charge in [-0.05, 0) is 80.1 Å². The maximum atomic E-state index is 14.0. The summed E-state index contributed by atoms with van der Waals surface area (Å²) in [6.45, 7) is 0.581. The number of aromatic nitrogens is 3. The Morgan fingerprint density at radius 1 is 1.11 bits per heavy atom. The number of nitrogen functional groups attached to an aromatic ring is 1. The van der Waals surface area contributed by atoms with E-state index in [1.165, 1.54) is 29.1 Å². The number of carbonyl (C=O) groups excluding carboxylic acids is 1. The lowest BCUT2D eigenvalue weighted by Gasteiger charge is -2.31. The van der Waals surface area contributed by atoms with E-state index in [4.69, 9.17) is 15.2 Å². The van der Waals surface area contributed by atoms with Crippen molar-refractivity contribution in [1.29, 1.82) is 0 Å². The number of nitrogens with two attached hydrogens (primary N) is 1. The molecule has 1 aliphatic rings. The molecule has 0 saturated carbocycles. The summed E-state index contributed by atoms with van der Waals surface area (Å²) in [7, 11) is 0. The number of rotatable bonds is 10. The second kappa shape index (κ2) is 12.8. The van der Waals surface area contributed by atoms with E-state index in [0.29, 0.717) is 28.0 Å². The second-order valence-corrected chi connectivity index (χ2v) is 11.6. The summed E-state index contributed by atoms with van der Waals surface area (Å²) >= 11 is 1.69. The fourth-order valence-corrected chi connectivity index (χ4v) is 6.02. The van der Waals surface area contributed by atoms with Gasteiger partial charge < -0.3 is 25.5 Å². The number of fused-ring (bicyclic) bond motifs is 1. The van der Waals surface area contributed by atoms with Gasteiger partial charge in [0.2, 0.25) is 5.78 Å². The van der Waals surface area contributed by atoms with Crippen molar-refractivity contribution in [1.82, 2.24) is 19.1 Å². The van der Waals surface area contributed by atoms with Gasteiger partial charge in [0.15, 0.2) is 11.6 Å². The number of carbonyl (C=O) groups is 1. The molecule has 6 rings (SSSR count). The minimum absolute atomic E-state index is 0.00744. The fourth-order valence-electron chi connectivity index (χ4n) is 5.44. The number of ether oxygens (including phenoxy) is 2. The van der Waals surface area contributed by atoms with Crippen LogP contribution >= 0.6 is 11.9 Å². The minimum atomic E-state index is -3.00. The molecule has 1 fully saturated rings. The number of H-pyrrole nitrogens is 1. The Hall–Kier alpha value is -4.62. The fraction of sp³-hybridized carbons (Fsp3) is 0.250. The second-order valence-electron chi connectivity index (χ2n) is 10.7. The highest BCUT2D eigenvalue weighted by Gasteiger charge is 2.24. The molecule has 4 N–H and O–H groups in total. The van der Waals surface area contributed by atoms with Gasteiger partial charge >= 0.3 is 6.61 Å². The Labute approximate surface area is 261 Å². The number of hydrogen-bond donors (Lipinski definition) is 3. The molecule has 45 heavy (non-hydrogen) atoms. The topological polar surface area (TPSA) is 110 Å². The Bertz CT molecular complexity index is 1850. The molecule has 13 heteroatoms. The molecule has 5 aromatic rings. The van der Waals surface area contributed by atoms with E-state index in [9.17, 15) is 18.0 Å². The molecule has 1 aliphatic heterocycles. The average Bonchev–Trinajstić information content (AvgIpc) is 3.61. The quantitative estimate of drug-likeness (QED) is 0.109. The highest BCUT2D eigenvalue weighted by Crippen LogP contribution is 2.35. The lowest BCUT2D eigenvalue weighted by molar-refractivity contribution is -0.0493. The molecular weight excluding hydrogens is 605 g/mol. The standard InChI is InChI=1S/C32H31F3N6O3S/c1-18-13-21(43-28-6-4-3-5-23(28)33)7-8-27(18)41-31(36)22(17-37-41)30(42)26-14-19-15-29(44-32(34)35)25(16-24(19)39-26)38-20-9-11-40(45-2)12-10-20/h3-8,13-17,20,32,38-39H,9-12,36H2,1-2H3. The van der Waals surface area contributed by atoms with Crippen molar-refractivity contribution in [3.63, 3.8) is 0 Å². The molecular formula is C32H31F3N6O3S. The van der Waals surface area contributed by atoms with Crippen LogP contribution in [0.4, 0.5) is 24.7 Å². The Morgan fingerprint density at radius 3 is 2.60 bits per heavy atom. The first kappa shape index (κ1) is 30.4. The van der Waals surface area contributed by atoms with Gasteiger partial charge in [-0.2, -0.15) is 13.9 Å². The predicted octanol–water partition coefficient (Wildman–Crippen LogP) is 7.16. The van der Waals surface area contributed by atoms with Crippen molar-refractivity contribution in [2.75, 3.05) is 30.4 Å². The SMILES string of the molecule is CSN1CCC(Nc2cc3[nH]c(C(=O)c4cnn(-c5ccc(Oc6ccccc6F)cc5C)c4N)cc3cc2OC(F)F)CC1. The van der Waals surface area contributed by atoms with Crippen molar-refractivity contribution in [3.05, 3.63) is 89.5 Å². The van der Waals surface area contributed by atoms with Gasteiger partial charge in [0.25, 0.3) is 0 Å². The van der Waals surface area contributed by atoms with Crippen LogP contribution in [0.1, 0.15) is 34.5 Å². The van der Waals surface area contributed by atoms with Crippen molar-refractivity contribution in [2.45, 2.75) is 32.4 Å². The van der Waals surface area contributed by atoms with E-state index < -0.39 is 18.2 Å². The van der Waals surface area contributed by atoms with Crippen LogP contribution in [0.2, 0.25) is 0 Å². The number of anilines is 2. The van der Waals surface area contributed by atoms with Crippen molar-refractivity contribution in [2.24, 2.45) is 0 Å². The summed E-state index contributed by atoms with van der Waals surface area (Å²) in [5, 5.41) is 8.24. The number of benzene rings is 3. The van der Waals surface area contributed by atoms with E-state index in [0.717, 1.165) is 31.5 Å². The number of piperidine rings is 1. The van der Waals surface area contributed by atoms with E-state index in [1.807, 2.05) is 13.2 Å². The highest BCUT2D eigenvalue weighted by atomic mass is 32.2. The summed E-state index contributed by atoms with van der Waals surface area (Å²) in [6.07, 6.45) is 5.12. The first-order valence-electron chi connectivity index (χ1n) is 14.3. The molecule has 9 nitrogen and oxygen atoms in total. The van der Waals surface area contributed by atoms with E-state index in [-0.39, 0.29) is 34.6 Å². The van der Waals surface area contributed by atoms with Crippen LogP contribution < -0.4 is 20.5 Å². The number of nitrogens with zero attached hydrogens (tertiary/aromatic N) is 3. The first-order valence-corrected chi connectivity index (χ1v) is 15.5. The van der Waals surface area contributed by atoms with Crippen molar-refractivity contribution in [3.8, 4) is 22.9 Å². The molecule has 2 aromatic heterocycles. The lowest BCUT2D eigenvalue weighted by Crippen LogP contribution is -2.35. The molecule has 0 bridgehead atoms. The van der Waals surface area contributed by atoms with Crippen LogP contribution in [0.5, 0.6) is 17.2 Å². The number of nitrogens with one attached hydrogen (secondary N) is 2. The molecule has 3 heterocycles. The smallest absolute Gasteiger partial charge is 0.387 e. The van der Waals surface area contributed by atoms with E-state index in [2.05, 4.69) is 19.7 Å².